The van der Waals surface area contributed by atoms with Gasteiger partial charge >= 0.3 is 0 Å². The van der Waals surface area contributed by atoms with Crippen LogP contribution in [0.25, 0.3) is 11.3 Å². The molecule has 22 heavy (non-hydrogen) atoms. The van der Waals surface area contributed by atoms with Gasteiger partial charge in [0.25, 0.3) is 11.5 Å². The molecule has 1 fully saturated rings. The van der Waals surface area contributed by atoms with Gasteiger partial charge in [-0.05, 0) is 24.6 Å². The molecular formula is C17H19N3O2. The van der Waals surface area contributed by atoms with E-state index < -0.39 is 0 Å². The Hall–Kier alpha value is -2.40. The fourth-order valence-corrected chi connectivity index (χ4v) is 2.73. The van der Waals surface area contributed by atoms with E-state index in [9.17, 15) is 9.59 Å². The van der Waals surface area contributed by atoms with Gasteiger partial charge in [0, 0.05) is 31.4 Å². The van der Waals surface area contributed by atoms with E-state index in [-0.39, 0.29) is 23.1 Å². The van der Waals surface area contributed by atoms with Crippen LogP contribution in [0.4, 0.5) is 0 Å². The van der Waals surface area contributed by atoms with E-state index in [0.29, 0.717) is 6.54 Å². The van der Waals surface area contributed by atoms with Crippen LogP contribution in [-0.2, 0) is 0 Å². The summed E-state index contributed by atoms with van der Waals surface area (Å²) < 4.78 is 0. The second-order valence-corrected chi connectivity index (χ2v) is 5.53. The SMILES string of the molecule is C[C@@H]1CNCCN1C(=O)c1ccc(-c2ccccc2)[nH]c1=O. The van der Waals surface area contributed by atoms with Crippen molar-refractivity contribution in [2.75, 3.05) is 19.6 Å². The molecule has 1 aromatic carbocycles. The Labute approximate surface area is 129 Å². The average molecular weight is 297 g/mol. The summed E-state index contributed by atoms with van der Waals surface area (Å²) in [5.41, 5.74) is 1.51. The summed E-state index contributed by atoms with van der Waals surface area (Å²) in [6.45, 7) is 4.12. The van der Waals surface area contributed by atoms with Crippen LogP contribution >= 0.6 is 0 Å². The van der Waals surface area contributed by atoms with E-state index in [1.165, 1.54) is 0 Å². The molecule has 2 heterocycles. The lowest BCUT2D eigenvalue weighted by atomic mass is 10.1. The van der Waals surface area contributed by atoms with Crippen LogP contribution in [0.5, 0.6) is 0 Å². The standard InChI is InChI=1S/C17H19N3O2/c1-12-11-18-9-10-20(12)17(22)14-7-8-15(19-16(14)21)13-5-3-2-4-6-13/h2-8,12,18H,9-11H2,1H3,(H,19,21)/t12-/m1/s1. The van der Waals surface area contributed by atoms with E-state index in [1.807, 2.05) is 37.3 Å². The van der Waals surface area contributed by atoms with Crippen LogP contribution < -0.4 is 10.9 Å². The molecule has 114 valence electrons. The van der Waals surface area contributed by atoms with E-state index in [4.69, 9.17) is 0 Å². The van der Waals surface area contributed by atoms with Crippen molar-refractivity contribution in [1.29, 1.82) is 0 Å². The first-order valence-corrected chi connectivity index (χ1v) is 7.47. The molecular weight excluding hydrogens is 278 g/mol. The minimum absolute atomic E-state index is 0.0921. The molecule has 0 saturated carbocycles. The number of carbonyl (C=O) groups excluding carboxylic acids is 1. The summed E-state index contributed by atoms with van der Waals surface area (Å²) >= 11 is 0. The van der Waals surface area contributed by atoms with Crippen molar-refractivity contribution in [2.24, 2.45) is 0 Å². The third-order valence-corrected chi connectivity index (χ3v) is 3.99. The van der Waals surface area contributed by atoms with Gasteiger partial charge < -0.3 is 15.2 Å². The maximum Gasteiger partial charge on any atom is 0.261 e. The van der Waals surface area contributed by atoms with Gasteiger partial charge in [-0.15, -0.1) is 0 Å². The number of aromatic amines is 1. The fourth-order valence-electron chi connectivity index (χ4n) is 2.73. The second-order valence-electron chi connectivity index (χ2n) is 5.53. The van der Waals surface area contributed by atoms with Crippen molar-refractivity contribution < 1.29 is 4.79 Å². The Morgan fingerprint density at radius 2 is 1.95 bits per heavy atom. The number of hydrogen-bond donors (Lipinski definition) is 2. The molecule has 1 aliphatic rings. The summed E-state index contributed by atoms with van der Waals surface area (Å²) in [5, 5.41) is 3.24. The molecule has 3 rings (SSSR count). The lowest BCUT2D eigenvalue weighted by molar-refractivity contribution is 0.0654. The molecule has 1 aliphatic heterocycles. The maximum absolute atomic E-state index is 12.6. The summed E-state index contributed by atoms with van der Waals surface area (Å²) in [7, 11) is 0. The molecule has 1 amide bonds. The van der Waals surface area contributed by atoms with Crippen LogP contribution in [0.2, 0.25) is 0 Å². The number of amides is 1. The van der Waals surface area contributed by atoms with Crippen molar-refractivity contribution in [3.05, 3.63) is 58.4 Å². The fraction of sp³-hybridized carbons (Fsp3) is 0.294. The first kappa shape index (κ1) is 14.5. The zero-order valence-corrected chi connectivity index (χ0v) is 12.5. The number of rotatable bonds is 2. The normalized spacial score (nSPS) is 18.2. The third kappa shape index (κ3) is 2.80. The zero-order chi connectivity index (χ0) is 15.5. The van der Waals surface area contributed by atoms with Crippen molar-refractivity contribution in [2.45, 2.75) is 13.0 Å². The Morgan fingerprint density at radius 3 is 2.64 bits per heavy atom. The number of hydrogen-bond acceptors (Lipinski definition) is 3. The minimum atomic E-state index is -0.336. The molecule has 2 N–H and O–H groups in total. The van der Waals surface area contributed by atoms with Gasteiger partial charge in [0.2, 0.25) is 0 Å². The zero-order valence-electron chi connectivity index (χ0n) is 12.5. The Morgan fingerprint density at radius 1 is 1.18 bits per heavy atom. The first-order chi connectivity index (χ1) is 10.7. The predicted molar refractivity (Wildman–Crippen MR) is 85.9 cm³/mol. The second kappa shape index (κ2) is 6.15. The van der Waals surface area contributed by atoms with Gasteiger partial charge in [-0.1, -0.05) is 30.3 Å². The summed E-state index contributed by atoms with van der Waals surface area (Å²) in [5.74, 6) is -0.199. The highest BCUT2D eigenvalue weighted by molar-refractivity contribution is 5.94. The molecule has 5 nitrogen and oxygen atoms in total. The Balaban J connectivity index is 1.89. The number of nitrogens with zero attached hydrogens (tertiary/aromatic N) is 1. The van der Waals surface area contributed by atoms with Gasteiger partial charge in [-0.25, -0.2) is 0 Å². The molecule has 5 heteroatoms. The highest BCUT2D eigenvalue weighted by Crippen LogP contribution is 2.15. The van der Waals surface area contributed by atoms with E-state index in [0.717, 1.165) is 24.3 Å². The highest BCUT2D eigenvalue weighted by atomic mass is 16.2. The smallest absolute Gasteiger partial charge is 0.261 e. The van der Waals surface area contributed by atoms with Crippen molar-refractivity contribution >= 4 is 5.91 Å². The lowest BCUT2D eigenvalue weighted by Crippen LogP contribution is -2.53. The van der Waals surface area contributed by atoms with Crippen LogP contribution in [0.1, 0.15) is 17.3 Å². The number of nitrogens with one attached hydrogen (secondary N) is 2. The molecule has 1 aromatic heterocycles. The summed E-state index contributed by atoms with van der Waals surface area (Å²) in [4.78, 5) is 29.4. The van der Waals surface area contributed by atoms with Crippen molar-refractivity contribution in [1.82, 2.24) is 15.2 Å². The lowest BCUT2D eigenvalue weighted by Gasteiger charge is -2.33. The molecule has 0 bridgehead atoms. The third-order valence-electron chi connectivity index (χ3n) is 3.99. The van der Waals surface area contributed by atoms with Gasteiger partial charge in [0.05, 0.1) is 0 Å². The molecule has 1 saturated heterocycles. The van der Waals surface area contributed by atoms with Crippen LogP contribution in [0.15, 0.2) is 47.3 Å². The summed E-state index contributed by atoms with van der Waals surface area (Å²) in [6.07, 6.45) is 0. The van der Waals surface area contributed by atoms with Crippen molar-refractivity contribution in [3.63, 3.8) is 0 Å². The number of H-pyrrole nitrogens is 1. The van der Waals surface area contributed by atoms with E-state index in [2.05, 4.69) is 10.3 Å². The van der Waals surface area contributed by atoms with E-state index >= 15 is 0 Å². The van der Waals surface area contributed by atoms with Crippen molar-refractivity contribution in [3.8, 4) is 11.3 Å². The number of pyridine rings is 1. The topological polar surface area (TPSA) is 65.2 Å². The predicted octanol–water partition coefficient (Wildman–Crippen LogP) is 1.48. The Bertz CT molecular complexity index is 724. The number of piperazine rings is 1. The molecule has 1 atom stereocenters. The van der Waals surface area contributed by atoms with Gasteiger partial charge in [-0.3, -0.25) is 9.59 Å². The largest absolute Gasteiger partial charge is 0.333 e. The number of aromatic nitrogens is 1. The van der Waals surface area contributed by atoms with Crippen LogP contribution in [0.3, 0.4) is 0 Å². The molecule has 0 spiro atoms. The highest BCUT2D eigenvalue weighted by Gasteiger charge is 2.25. The molecule has 0 aliphatic carbocycles. The molecule has 0 radical (unpaired) electrons. The number of carbonyl (C=O) groups is 1. The quantitative estimate of drug-likeness (QED) is 0.882. The van der Waals surface area contributed by atoms with Crippen LogP contribution in [-0.4, -0.2) is 41.5 Å². The van der Waals surface area contributed by atoms with E-state index in [1.54, 1.807) is 17.0 Å². The van der Waals surface area contributed by atoms with Gasteiger partial charge in [0.15, 0.2) is 0 Å². The monoisotopic (exact) mass is 297 g/mol. The Kier molecular flexibility index (Phi) is 4.06. The maximum atomic E-state index is 12.6. The number of benzene rings is 1. The average Bonchev–Trinajstić information content (AvgIpc) is 2.55. The summed E-state index contributed by atoms with van der Waals surface area (Å²) in [6, 6.07) is 13.1. The molecule has 0 unspecified atom stereocenters. The van der Waals surface area contributed by atoms with Gasteiger partial charge in [0.1, 0.15) is 5.56 Å². The minimum Gasteiger partial charge on any atom is -0.333 e. The van der Waals surface area contributed by atoms with Crippen LogP contribution in [0, 0.1) is 0 Å². The molecule has 2 aromatic rings. The van der Waals surface area contributed by atoms with Gasteiger partial charge in [-0.2, -0.15) is 0 Å². The first-order valence-electron chi connectivity index (χ1n) is 7.47.